The Bertz CT molecular complexity index is 794. The lowest BCUT2D eigenvalue weighted by atomic mass is 10.0. The van der Waals surface area contributed by atoms with Gasteiger partial charge in [0.1, 0.15) is 0 Å². The van der Waals surface area contributed by atoms with Crippen LogP contribution in [-0.4, -0.2) is 52.9 Å². The Kier molecular flexibility index (Phi) is 5.47. The second-order valence-electron chi connectivity index (χ2n) is 6.67. The number of carbonyl (C=O) groups is 2. The molecule has 7 nitrogen and oxygen atoms in total. The molecule has 2 N–H and O–H groups in total. The van der Waals surface area contributed by atoms with E-state index in [0.717, 1.165) is 9.87 Å². The van der Waals surface area contributed by atoms with Crippen molar-refractivity contribution in [1.29, 1.82) is 0 Å². The third-order valence-corrected chi connectivity index (χ3v) is 8.06. The number of hydrogen-bond donors (Lipinski definition) is 2. The fraction of sp³-hybridized carbons (Fsp3) is 0.529. The average Bonchev–Trinajstić information content (AvgIpc) is 3.10. The fourth-order valence-corrected chi connectivity index (χ4v) is 6.70. The Morgan fingerprint density at radius 2 is 2.00 bits per heavy atom. The minimum absolute atomic E-state index is 0.0204. The highest BCUT2D eigenvalue weighted by Crippen LogP contribution is 2.40. The Hall–Kier alpha value is -1.74. The molecule has 2 aliphatic rings. The topological polar surface area (TPSA) is 104 Å². The molecule has 1 aromatic rings. The molecule has 0 aromatic heterocycles. The number of carboxylic acid groups (broad SMARTS) is 1. The van der Waals surface area contributed by atoms with Crippen molar-refractivity contribution in [2.24, 2.45) is 0 Å². The SMILES string of the molecule is Cc1ccc(S(=O)(=O)N2C(=O)N[C@H]3CS[C@@H](CCCCC(=O)O)[C@H]32)cc1. The molecule has 2 fully saturated rings. The molecule has 0 unspecified atom stereocenters. The molecule has 0 spiro atoms. The van der Waals surface area contributed by atoms with E-state index in [1.807, 2.05) is 6.92 Å². The molecule has 2 aliphatic heterocycles. The van der Waals surface area contributed by atoms with Gasteiger partial charge in [0.2, 0.25) is 0 Å². The summed E-state index contributed by atoms with van der Waals surface area (Å²) < 4.78 is 27.1. The van der Waals surface area contributed by atoms with Crippen LogP contribution in [0, 0.1) is 6.92 Å². The molecule has 0 radical (unpaired) electrons. The Morgan fingerprint density at radius 1 is 1.31 bits per heavy atom. The summed E-state index contributed by atoms with van der Waals surface area (Å²) in [5, 5.41) is 11.5. The summed E-state index contributed by atoms with van der Waals surface area (Å²) in [4.78, 5) is 23.1. The van der Waals surface area contributed by atoms with E-state index in [1.54, 1.807) is 23.9 Å². The highest BCUT2D eigenvalue weighted by Gasteiger charge is 2.53. The van der Waals surface area contributed by atoms with E-state index in [-0.39, 0.29) is 22.6 Å². The number of thioether (sulfide) groups is 1. The Morgan fingerprint density at radius 3 is 2.65 bits per heavy atom. The zero-order valence-electron chi connectivity index (χ0n) is 14.4. The van der Waals surface area contributed by atoms with Gasteiger partial charge in [0.25, 0.3) is 10.0 Å². The Balaban J connectivity index is 1.78. The van der Waals surface area contributed by atoms with E-state index in [2.05, 4.69) is 5.32 Å². The predicted octanol–water partition coefficient (Wildman–Crippen LogP) is 2.21. The van der Waals surface area contributed by atoms with Crippen molar-refractivity contribution in [3.05, 3.63) is 29.8 Å². The lowest BCUT2D eigenvalue weighted by Gasteiger charge is -2.26. The lowest BCUT2D eigenvalue weighted by molar-refractivity contribution is -0.137. The van der Waals surface area contributed by atoms with Crippen LogP contribution in [0.15, 0.2) is 29.2 Å². The molecule has 0 saturated carbocycles. The van der Waals surface area contributed by atoms with Crippen molar-refractivity contribution in [2.75, 3.05) is 5.75 Å². The summed E-state index contributed by atoms with van der Waals surface area (Å²) in [6.45, 7) is 1.87. The summed E-state index contributed by atoms with van der Waals surface area (Å²) in [5.74, 6) is -0.164. The maximum Gasteiger partial charge on any atom is 0.332 e. The van der Waals surface area contributed by atoms with Gasteiger partial charge in [-0.1, -0.05) is 24.1 Å². The first kappa shape index (κ1) is 19.0. The van der Waals surface area contributed by atoms with Gasteiger partial charge >= 0.3 is 12.0 Å². The van der Waals surface area contributed by atoms with Crippen LogP contribution in [0.3, 0.4) is 0 Å². The van der Waals surface area contributed by atoms with E-state index < -0.39 is 28.1 Å². The number of carbonyl (C=O) groups excluding carboxylic acids is 1. The number of aliphatic carboxylic acids is 1. The van der Waals surface area contributed by atoms with E-state index in [9.17, 15) is 18.0 Å². The zero-order chi connectivity index (χ0) is 18.9. The Labute approximate surface area is 157 Å². The molecule has 2 amide bonds. The van der Waals surface area contributed by atoms with Gasteiger partial charge in [-0.3, -0.25) is 4.79 Å². The summed E-state index contributed by atoms with van der Waals surface area (Å²) in [5.41, 5.74) is 0.945. The quantitative estimate of drug-likeness (QED) is 0.539. The van der Waals surface area contributed by atoms with E-state index in [0.29, 0.717) is 25.0 Å². The van der Waals surface area contributed by atoms with Crippen molar-refractivity contribution >= 4 is 33.8 Å². The molecular formula is C17H22N2O5S2. The predicted molar refractivity (Wildman–Crippen MR) is 98.7 cm³/mol. The van der Waals surface area contributed by atoms with Crippen molar-refractivity contribution in [3.63, 3.8) is 0 Å². The van der Waals surface area contributed by atoms with Gasteiger partial charge in [-0.25, -0.2) is 17.5 Å². The number of urea groups is 1. The number of rotatable bonds is 7. The molecule has 142 valence electrons. The van der Waals surface area contributed by atoms with Gasteiger partial charge in [0.05, 0.1) is 17.0 Å². The number of aryl methyl sites for hydroxylation is 1. The highest BCUT2D eigenvalue weighted by molar-refractivity contribution is 8.00. The van der Waals surface area contributed by atoms with Crippen LogP contribution in [0.5, 0.6) is 0 Å². The van der Waals surface area contributed by atoms with Gasteiger partial charge in [-0.05, 0) is 31.9 Å². The van der Waals surface area contributed by atoms with Crippen LogP contribution in [-0.2, 0) is 14.8 Å². The molecular weight excluding hydrogens is 376 g/mol. The van der Waals surface area contributed by atoms with Crippen LogP contribution >= 0.6 is 11.8 Å². The van der Waals surface area contributed by atoms with Crippen molar-refractivity contribution in [1.82, 2.24) is 9.62 Å². The normalized spacial score (nSPS) is 25.2. The fourth-order valence-electron chi connectivity index (χ4n) is 3.45. The molecule has 1 aromatic carbocycles. The summed E-state index contributed by atoms with van der Waals surface area (Å²) in [6, 6.07) is 5.28. The molecule has 2 heterocycles. The van der Waals surface area contributed by atoms with Crippen LogP contribution < -0.4 is 5.32 Å². The second kappa shape index (κ2) is 7.48. The number of benzene rings is 1. The molecule has 0 aliphatic carbocycles. The first-order valence-corrected chi connectivity index (χ1v) is 11.0. The highest BCUT2D eigenvalue weighted by atomic mass is 32.2. The number of amides is 2. The third kappa shape index (κ3) is 3.68. The lowest BCUT2D eigenvalue weighted by Crippen LogP contribution is -2.44. The number of nitrogens with zero attached hydrogens (tertiary/aromatic N) is 1. The van der Waals surface area contributed by atoms with Gasteiger partial charge in [-0.2, -0.15) is 11.8 Å². The number of unbranched alkanes of at least 4 members (excludes halogenated alkanes) is 1. The number of carboxylic acids is 1. The molecule has 26 heavy (non-hydrogen) atoms. The molecule has 3 rings (SSSR count). The summed E-state index contributed by atoms with van der Waals surface area (Å²) >= 11 is 1.64. The first-order chi connectivity index (χ1) is 12.3. The largest absolute Gasteiger partial charge is 0.481 e. The minimum Gasteiger partial charge on any atom is -0.481 e. The maximum atomic E-state index is 13.0. The monoisotopic (exact) mass is 398 g/mol. The van der Waals surface area contributed by atoms with Gasteiger partial charge < -0.3 is 10.4 Å². The van der Waals surface area contributed by atoms with Crippen LogP contribution in [0.25, 0.3) is 0 Å². The average molecular weight is 399 g/mol. The van der Waals surface area contributed by atoms with Crippen LogP contribution in [0.1, 0.15) is 31.2 Å². The van der Waals surface area contributed by atoms with E-state index >= 15 is 0 Å². The number of hydrogen-bond acceptors (Lipinski definition) is 5. The minimum atomic E-state index is -3.92. The van der Waals surface area contributed by atoms with Crippen molar-refractivity contribution in [2.45, 2.75) is 54.8 Å². The van der Waals surface area contributed by atoms with Gasteiger partial charge in [0, 0.05) is 17.4 Å². The summed E-state index contributed by atoms with van der Waals surface area (Å²) in [7, 11) is -3.92. The zero-order valence-corrected chi connectivity index (χ0v) is 16.1. The standard InChI is InChI=1S/C17H22N2O5S2/c1-11-6-8-12(9-7-11)26(23,24)19-16-13(18-17(19)22)10-25-14(16)4-2-3-5-15(20)21/h6-9,13-14,16H,2-5,10H2,1H3,(H,18,22)(H,20,21)/t13-,14-,16-/m0/s1. The smallest absolute Gasteiger partial charge is 0.332 e. The van der Waals surface area contributed by atoms with Crippen molar-refractivity contribution in [3.8, 4) is 0 Å². The van der Waals surface area contributed by atoms with Crippen LogP contribution in [0.2, 0.25) is 0 Å². The third-order valence-electron chi connectivity index (χ3n) is 4.77. The van der Waals surface area contributed by atoms with Crippen LogP contribution in [0.4, 0.5) is 4.79 Å². The maximum absolute atomic E-state index is 13.0. The number of nitrogens with one attached hydrogen (secondary N) is 1. The molecule has 9 heteroatoms. The van der Waals surface area contributed by atoms with E-state index in [1.165, 1.54) is 12.1 Å². The van der Waals surface area contributed by atoms with Gasteiger partial charge in [-0.15, -0.1) is 0 Å². The number of fused-ring (bicyclic) bond motifs is 1. The van der Waals surface area contributed by atoms with Crippen molar-refractivity contribution < 1.29 is 23.1 Å². The molecule has 0 bridgehead atoms. The molecule has 2 saturated heterocycles. The summed E-state index contributed by atoms with van der Waals surface area (Å²) in [6.07, 6.45) is 2.04. The second-order valence-corrected chi connectivity index (χ2v) is 9.76. The van der Waals surface area contributed by atoms with Gasteiger partial charge in [0.15, 0.2) is 0 Å². The first-order valence-electron chi connectivity index (χ1n) is 8.55. The number of sulfonamides is 1. The van der Waals surface area contributed by atoms with E-state index in [4.69, 9.17) is 5.11 Å². The molecule has 3 atom stereocenters.